The second-order valence-corrected chi connectivity index (χ2v) is 6.88. The van der Waals surface area contributed by atoms with Crippen LogP contribution in [0.3, 0.4) is 0 Å². The van der Waals surface area contributed by atoms with Crippen molar-refractivity contribution in [2.75, 3.05) is 12.3 Å². The van der Waals surface area contributed by atoms with E-state index in [1.54, 1.807) is 0 Å². The van der Waals surface area contributed by atoms with Crippen molar-refractivity contribution in [3.63, 3.8) is 0 Å². The Balaban J connectivity index is 1.80. The lowest BCUT2D eigenvalue weighted by atomic mass is 10.2. The van der Waals surface area contributed by atoms with Crippen LogP contribution in [0, 0.1) is 0 Å². The predicted molar refractivity (Wildman–Crippen MR) is 66.6 cm³/mol. The monoisotopic (exact) mass is 257 g/mol. The summed E-state index contributed by atoms with van der Waals surface area (Å²) in [4.78, 5) is 0. The van der Waals surface area contributed by atoms with Crippen LogP contribution in [0.5, 0.6) is 0 Å². The first-order valence-electron chi connectivity index (χ1n) is 6.11. The highest BCUT2D eigenvalue weighted by Gasteiger charge is 2.30. The first-order valence-corrected chi connectivity index (χ1v) is 7.83. The summed E-state index contributed by atoms with van der Waals surface area (Å²) in [7, 11) is -2.83. The average Bonchev–Trinajstić information content (AvgIpc) is 2.86. The molecule has 0 saturated carbocycles. The molecule has 2 rings (SSSR count). The topological polar surface area (TPSA) is 59.3 Å². The molecule has 1 fully saturated rings. The maximum atomic E-state index is 11.6. The molecule has 96 valence electrons. The van der Waals surface area contributed by atoms with E-state index in [0.717, 1.165) is 30.8 Å². The van der Waals surface area contributed by atoms with Crippen LogP contribution in [0.1, 0.15) is 31.3 Å². The van der Waals surface area contributed by atoms with E-state index >= 15 is 0 Å². The minimum atomic E-state index is -2.83. The molecule has 4 nitrogen and oxygen atoms in total. The molecule has 5 heteroatoms. The van der Waals surface area contributed by atoms with E-state index in [9.17, 15) is 8.42 Å². The van der Waals surface area contributed by atoms with E-state index < -0.39 is 9.84 Å². The van der Waals surface area contributed by atoms with Crippen molar-refractivity contribution in [3.05, 3.63) is 23.7 Å². The Hall–Kier alpha value is -0.810. The van der Waals surface area contributed by atoms with Gasteiger partial charge in [-0.05, 0) is 25.0 Å². The molecule has 0 bridgehead atoms. The molecule has 2 heterocycles. The third-order valence-corrected chi connectivity index (χ3v) is 5.48. The van der Waals surface area contributed by atoms with Gasteiger partial charge in [-0.3, -0.25) is 0 Å². The minimum absolute atomic E-state index is 0.205. The SMILES string of the molecule is CCc1ccc(CNCC2CCCS2(=O)=O)o1. The Morgan fingerprint density at radius 2 is 2.18 bits per heavy atom. The number of hydrogen-bond donors (Lipinski definition) is 1. The van der Waals surface area contributed by atoms with Gasteiger partial charge in [0, 0.05) is 13.0 Å². The van der Waals surface area contributed by atoms with Crippen LogP contribution in [-0.2, 0) is 22.8 Å². The van der Waals surface area contributed by atoms with E-state index in [1.165, 1.54) is 0 Å². The molecule has 1 aromatic rings. The Kier molecular flexibility index (Phi) is 3.89. The molecule has 1 aliphatic heterocycles. The van der Waals surface area contributed by atoms with E-state index in [1.807, 2.05) is 19.1 Å². The molecule has 1 aliphatic rings. The highest BCUT2D eigenvalue weighted by atomic mass is 32.2. The summed E-state index contributed by atoms with van der Waals surface area (Å²) in [6.07, 6.45) is 2.47. The molecule has 0 aliphatic carbocycles. The number of hydrogen-bond acceptors (Lipinski definition) is 4. The van der Waals surface area contributed by atoms with Gasteiger partial charge >= 0.3 is 0 Å². The van der Waals surface area contributed by atoms with Gasteiger partial charge in [0.05, 0.1) is 17.5 Å². The molecule has 1 saturated heterocycles. The van der Waals surface area contributed by atoms with Crippen molar-refractivity contribution < 1.29 is 12.8 Å². The zero-order chi connectivity index (χ0) is 12.3. The number of sulfone groups is 1. The first kappa shape index (κ1) is 12.6. The van der Waals surface area contributed by atoms with Crippen LogP contribution in [0.25, 0.3) is 0 Å². The standard InChI is InChI=1S/C12H19NO3S/c1-2-10-5-6-11(16-10)8-13-9-12-4-3-7-17(12,14)15/h5-6,12-13H,2-4,7-9H2,1H3. The normalized spacial score (nSPS) is 23.0. The summed E-state index contributed by atoms with van der Waals surface area (Å²) < 4.78 is 28.7. The fraction of sp³-hybridized carbons (Fsp3) is 0.667. The molecule has 0 aromatic carbocycles. The fourth-order valence-corrected chi connectivity index (χ4v) is 3.95. The molecule has 0 amide bonds. The Morgan fingerprint density at radius 3 is 2.76 bits per heavy atom. The summed E-state index contributed by atoms with van der Waals surface area (Å²) in [6, 6.07) is 3.90. The van der Waals surface area contributed by atoms with Gasteiger partial charge in [-0.25, -0.2) is 8.42 Å². The second kappa shape index (κ2) is 5.23. The van der Waals surface area contributed by atoms with Gasteiger partial charge in [-0.1, -0.05) is 6.92 Å². The van der Waals surface area contributed by atoms with Crippen molar-refractivity contribution in [2.45, 2.75) is 38.0 Å². The molecular weight excluding hydrogens is 238 g/mol. The van der Waals surface area contributed by atoms with Crippen LogP contribution in [-0.4, -0.2) is 26.0 Å². The molecule has 0 radical (unpaired) electrons. The number of furan rings is 1. The highest BCUT2D eigenvalue weighted by molar-refractivity contribution is 7.92. The lowest BCUT2D eigenvalue weighted by Crippen LogP contribution is -2.30. The van der Waals surface area contributed by atoms with Gasteiger partial charge in [0.2, 0.25) is 0 Å². The Labute approximate surface area is 102 Å². The van der Waals surface area contributed by atoms with E-state index in [-0.39, 0.29) is 5.25 Å². The fourth-order valence-electron chi connectivity index (χ4n) is 2.15. The maximum absolute atomic E-state index is 11.6. The minimum Gasteiger partial charge on any atom is -0.465 e. The van der Waals surface area contributed by atoms with Crippen molar-refractivity contribution in [2.24, 2.45) is 0 Å². The van der Waals surface area contributed by atoms with Crippen molar-refractivity contribution in [1.82, 2.24) is 5.32 Å². The Morgan fingerprint density at radius 1 is 1.41 bits per heavy atom. The Bertz CT molecular complexity index is 464. The molecular formula is C12H19NO3S. The van der Waals surface area contributed by atoms with Crippen molar-refractivity contribution in [1.29, 1.82) is 0 Å². The smallest absolute Gasteiger partial charge is 0.154 e. The molecule has 1 unspecified atom stereocenters. The molecule has 1 N–H and O–H groups in total. The summed E-state index contributed by atoms with van der Waals surface area (Å²) in [6.45, 7) is 3.18. The van der Waals surface area contributed by atoms with Gasteiger partial charge in [-0.15, -0.1) is 0 Å². The molecule has 1 aromatic heterocycles. The van der Waals surface area contributed by atoms with Gasteiger partial charge < -0.3 is 9.73 Å². The van der Waals surface area contributed by atoms with Gasteiger partial charge in [0.15, 0.2) is 9.84 Å². The summed E-state index contributed by atoms with van der Waals surface area (Å²) >= 11 is 0. The number of nitrogens with one attached hydrogen (secondary N) is 1. The number of rotatable bonds is 5. The summed E-state index contributed by atoms with van der Waals surface area (Å²) in [5.74, 6) is 2.19. The van der Waals surface area contributed by atoms with Crippen LogP contribution < -0.4 is 5.32 Å². The van der Waals surface area contributed by atoms with Crippen molar-refractivity contribution >= 4 is 9.84 Å². The van der Waals surface area contributed by atoms with E-state index in [4.69, 9.17) is 4.42 Å². The third-order valence-electron chi connectivity index (χ3n) is 3.20. The third kappa shape index (κ3) is 3.10. The summed E-state index contributed by atoms with van der Waals surface area (Å²) in [5.41, 5.74) is 0. The maximum Gasteiger partial charge on any atom is 0.154 e. The lowest BCUT2D eigenvalue weighted by Gasteiger charge is -2.09. The lowest BCUT2D eigenvalue weighted by molar-refractivity contribution is 0.448. The van der Waals surface area contributed by atoms with Gasteiger partial charge in [0.1, 0.15) is 11.5 Å². The zero-order valence-corrected chi connectivity index (χ0v) is 10.9. The molecule has 1 atom stereocenters. The van der Waals surface area contributed by atoms with Crippen LogP contribution in [0.15, 0.2) is 16.5 Å². The van der Waals surface area contributed by atoms with E-state index in [2.05, 4.69) is 5.32 Å². The summed E-state index contributed by atoms with van der Waals surface area (Å²) in [5, 5.41) is 2.96. The van der Waals surface area contributed by atoms with Gasteiger partial charge in [-0.2, -0.15) is 0 Å². The van der Waals surface area contributed by atoms with Gasteiger partial charge in [0.25, 0.3) is 0 Å². The first-order chi connectivity index (χ1) is 8.12. The van der Waals surface area contributed by atoms with Crippen LogP contribution in [0.2, 0.25) is 0 Å². The van der Waals surface area contributed by atoms with Crippen LogP contribution >= 0.6 is 0 Å². The quantitative estimate of drug-likeness (QED) is 0.868. The average molecular weight is 257 g/mol. The number of aryl methyl sites for hydroxylation is 1. The molecule has 0 spiro atoms. The van der Waals surface area contributed by atoms with Crippen LogP contribution in [0.4, 0.5) is 0 Å². The van der Waals surface area contributed by atoms with E-state index in [0.29, 0.717) is 18.8 Å². The predicted octanol–water partition coefficient (Wildman–Crippen LogP) is 1.51. The largest absolute Gasteiger partial charge is 0.465 e. The van der Waals surface area contributed by atoms with Crippen molar-refractivity contribution in [3.8, 4) is 0 Å². The highest BCUT2D eigenvalue weighted by Crippen LogP contribution is 2.19. The zero-order valence-electron chi connectivity index (χ0n) is 10.1. The second-order valence-electron chi connectivity index (χ2n) is 4.48. The molecule has 17 heavy (non-hydrogen) atoms.